The second kappa shape index (κ2) is 8.12. The second-order valence-corrected chi connectivity index (χ2v) is 8.12. The van der Waals surface area contributed by atoms with Crippen LogP contribution in [0, 0.1) is 0 Å². The normalized spacial score (nSPS) is 10.7. The number of esters is 1. The van der Waals surface area contributed by atoms with Crippen molar-refractivity contribution in [2.75, 3.05) is 38.0 Å². The number of amides is 1. The summed E-state index contributed by atoms with van der Waals surface area (Å²) in [5.41, 5.74) is 0.406. The topological polar surface area (TPSA) is 80.8 Å². The molecule has 0 bridgehead atoms. The number of thiazole rings is 1. The van der Waals surface area contributed by atoms with Gasteiger partial charge in [0.25, 0.3) is 5.91 Å². The van der Waals surface area contributed by atoms with Gasteiger partial charge in [-0.15, -0.1) is 11.3 Å². The predicted molar refractivity (Wildman–Crippen MR) is 109 cm³/mol. The van der Waals surface area contributed by atoms with Gasteiger partial charge in [-0.1, -0.05) is 22.9 Å². The number of carbonyl (C=O) groups is 2. The average molecular weight is 426 g/mol. The van der Waals surface area contributed by atoms with Crippen molar-refractivity contribution in [1.29, 1.82) is 0 Å². The maximum atomic E-state index is 12.2. The molecule has 0 atom stereocenters. The Hall–Kier alpha value is -2.36. The number of nitrogens with one attached hydrogen (secondary N) is 1. The van der Waals surface area contributed by atoms with Gasteiger partial charge in [0, 0.05) is 19.1 Å². The smallest absolute Gasteiger partial charge is 0.348 e. The minimum absolute atomic E-state index is 0.405. The number of nitrogens with zero attached hydrogens (tertiary/aromatic N) is 2. The van der Waals surface area contributed by atoms with Crippen LogP contribution in [0.2, 0.25) is 5.02 Å². The highest BCUT2D eigenvalue weighted by molar-refractivity contribution is 7.29. The van der Waals surface area contributed by atoms with Crippen LogP contribution >= 0.6 is 34.3 Å². The third-order valence-electron chi connectivity index (χ3n) is 3.43. The Morgan fingerprint density at radius 3 is 2.70 bits per heavy atom. The van der Waals surface area contributed by atoms with Gasteiger partial charge in [-0.3, -0.25) is 4.79 Å². The molecule has 0 radical (unpaired) electrons. The molecule has 0 unspecified atom stereocenters. The molecule has 1 aromatic carbocycles. The first-order valence-electron chi connectivity index (χ1n) is 7.75. The molecule has 3 aromatic rings. The molecule has 0 fully saturated rings. The molecule has 0 aliphatic carbocycles. The quantitative estimate of drug-likeness (QED) is 0.603. The Balaban J connectivity index is 1.61. The van der Waals surface area contributed by atoms with Crippen molar-refractivity contribution in [1.82, 2.24) is 4.98 Å². The number of carbonyl (C=O) groups excluding carboxylic acids is 2. The van der Waals surface area contributed by atoms with E-state index in [4.69, 9.17) is 21.1 Å². The number of ether oxygens (including phenoxy) is 2. The summed E-state index contributed by atoms with van der Waals surface area (Å²) in [4.78, 5) is 31.8. The van der Waals surface area contributed by atoms with Crippen molar-refractivity contribution in [3.63, 3.8) is 0 Å². The fraction of sp³-hybridized carbons (Fsp3) is 0.235. The Morgan fingerprint density at radius 2 is 2.04 bits per heavy atom. The van der Waals surface area contributed by atoms with Crippen LogP contribution in [0.25, 0.3) is 9.53 Å². The van der Waals surface area contributed by atoms with Gasteiger partial charge in [0.1, 0.15) is 15.5 Å². The van der Waals surface area contributed by atoms with Crippen LogP contribution < -0.4 is 15.0 Å². The lowest BCUT2D eigenvalue weighted by Crippen LogP contribution is -2.20. The van der Waals surface area contributed by atoms with Gasteiger partial charge in [0.05, 0.1) is 17.5 Å². The summed E-state index contributed by atoms with van der Waals surface area (Å²) in [5.74, 6) is -0.597. The highest BCUT2D eigenvalue weighted by atomic mass is 35.5. The highest BCUT2D eigenvalue weighted by Gasteiger charge is 2.17. The van der Waals surface area contributed by atoms with Crippen LogP contribution in [0.3, 0.4) is 0 Å². The molecular weight excluding hydrogens is 410 g/mol. The number of benzene rings is 1. The molecule has 10 heteroatoms. The summed E-state index contributed by atoms with van der Waals surface area (Å²) in [6.45, 7) is -0.420. The van der Waals surface area contributed by atoms with Crippen molar-refractivity contribution in [3.8, 4) is 5.75 Å². The second-order valence-electron chi connectivity index (χ2n) is 5.64. The largest absolute Gasteiger partial charge is 0.495 e. The fourth-order valence-electron chi connectivity index (χ4n) is 2.18. The van der Waals surface area contributed by atoms with E-state index in [1.54, 1.807) is 24.3 Å². The maximum Gasteiger partial charge on any atom is 0.348 e. The highest BCUT2D eigenvalue weighted by Crippen LogP contribution is 2.34. The maximum absolute atomic E-state index is 12.2. The number of halogens is 1. The molecule has 1 amide bonds. The molecule has 0 saturated carbocycles. The van der Waals surface area contributed by atoms with Crippen molar-refractivity contribution >= 4 is 66.5 Å². The number of fused-ring (bicyclic) bond motifs is 1. The number of hydrogen-bond acceptors (Lipinski definition) is 8. The first kappa shape index (κ1) is 19.4. The molecule has 2 heterocycles. The number of thiophene rings is 1. The zero-order valence-corrected chi connectivity index (χ0v) is 17.1. The van der Waals surface area contributed by atoms with Crippen molar-refractivity contribution < 1.29 is 19.1 Å². The Morgan fingerprint density at radius 1 is 1.26 bits per heavy atom. The van der Waals surface area contributed by atoms with E-state index in [1.165, 1.54) is 29.8 Å². The van der Waals surface area contributed by atoms with Gasteiger partial charge >= 0.3 is 5.97 Å². The molecule has 1 N–H and O–H groups in total. The standard InChI is InChI=1S/C17H16ClN3O4S2/c1-21(2)17-20-15-12(27-17)7-13(26-15)16(23)25-8-14(22)19-10-6-9(18)4-5-11(10)24-3/h4-7H,8H2,1-3H3,(H,19,22). The summed E-state index contributed by atoms with van der Waals surface area (Å²) in [7, 11) is 5.30. The molecule has 0 saturated heterocycles. The van der Waals surface area contributed by atoms with Crippen LogP contribution in [-0.2, 0) is 9.53 Å². The van der Waals surface area contributed by atoms with Gasteiger partial charge in [0.15, 0.2) is 11.7 Å². The van der Waals surface area contributed by atoms with Gasteiger partial charge in [-0.05, 0) is 24.3 Å². The molecule has 0 aliphatic rings. The Bertz CT molecular complexity index is 968. The molecule has 27 heavy (non-hydrogen) atoms. The number of hydrogen-bond donors (Lipinski definition) is 1. The van der Waals surface area contributed by atoms with Crippen LogP contribution in [0.5, 0.6) is 5.75 Å². The lowest BCUT2D eigenvalue weighted by Gasteiger charge is -2.10. The van der Waals surface area contributed by atoms with E-state index in [-0.39, 0.29) is 0 Å². The lowest BCUT2D eigenvalue weighted by molar-refractivity contribution is -0.119. The average Bonchev–Trinajstić information content (AvgIpc) is 3.19. The summed E-state index contributed by atoms with van der Waals surface area (Å²) < 4.78 is 11.2. The van der Waals surface area contributed by atoms with E-state index < -0.39 is 18.5 Å². The van der Waals surface area contributed by atoms with Crippen LogP contribution in [0.1, 0.15) is 9.67 Å². The minimum atomic E-state index is -0.565. The number of anilines is 2. The number of methoxy groups -OCH3 is 1. The van der Waals surface area contributed by atoms with E-state index in [2.05, 4.69) is 10.3 Å². The zero-order chi connectivity index (χ0) is 19.6. The van der Waals surface area contributed by atoms with Crippen LogP contribution in [0.4, 0.5) is 10.8 Å². The SMILES string of the molecule is COc1ccc(Cl)cc1NC(=O)COC(=O)c1cc2sc(N(C)C)nc2s1. The minimum Gasteiger partial charge on any atom is -0.495 e. The number of rotatable bonds is 6. The first-order valence-corrected chi connectivity index (χ1v) is 9.76. The van der Waals surface area contributed by atoms with Gasteiger partial charge < -0.3 is 19.7 Å². The fourth-order valence-corrected chi connectivity index (χ4v) is 4.38. The Labute approximate surface area is 168 Å². The zero-order valence-electron chi connectivity index (χ0n) is 14.7. The van der Waals surface area contributed by atoms with Crippen LogP contribution in [0.15, 0.2) is 24.3 Å². The summed E-state index contributed by atoms with van der Waals surface area (Å²) >= 11 is 8.65. The third kappa shape index (κ3) is 4.49. The van der Waals surface area contributed by atoms with Gasteiger partial charge in [-0.25, -0.2) is 9.78 Å². The first-order chi connectivity index (χ1) is 12.9. The van der Waals surface area contributed by atoms with Crippen molar-refractivity contribution in [2.45, 2.75) is 0 Å². The molecule has 0 spiro atoms. The van der Waals surface area contributed by atoms with E-state index >= 15 is 0 Å². The van der Waals surface area contributed by atoms with Crippen molar-refractivity contribution in [2.24, 2.45) is 0 Å². The summed E-state index contributed by atoms with van der Waals surface area (Å²) in [6.07, 6.45) is 0. The van der Waals surface area contributed by atoms with E-state index in [1.807, 2.05) is 19.0 Å². The third-order valence-corrected chi connectivity index (χ3v) is 5.98. The monoisotopic (exact) mass is 425 g/mol. The molecular formula is C17H16ClN3O4S2. The molecule has 2 aromatic heterocycles. The lowest BCUT2D eigenvalue weighted by atomic mass is 10.3. The van der Waals surface area contributed by atoms with Crippen molar-refractivity contribution in [3.05, 3.63) is 34.2 Å². The predicted octanol–water partition coefficient (Wildman–Crippen LogP) is 3.88. The molecule has 0 aliphatic heterocycles. The van der Waals surface area contributed by atoms with Crippen LogP contribution in [-0.4, -0.2) is 44.7 Å². The molecule has 142 valence electrons. The van der Waals surface area contributed by atoms with E-state index in [9.17, 15) is 9.59 Å². The van der Waals surface area contributed by atoms with E-state index in [0.29, 0.717) is 21.3 Å². The number of aromatic nitrogens is 1. The van der Waals surface area contributed by atoms with E-state index in [0.717, 1.165) is 14.7 Å². The van der Waals surface area contributed by atoms with Gasteiger partial charge in [-0.2, -0.15) is 0 Å². The Kier molecular flexibility index (Phi) is 5.83. The van der Waals surface area contributed by atoms with Gasteiger partial charge in [0.2, 0.25) is 0 Å². The summed E-state index contributed by atoms with van der Waals surface area (Å²) in [6, 6.07) is 6.57. The molecule has 3 rings (SSSR count). The summed E-state index contributed by atoms with van der Waals surface area (Å²) in [5, 5.41) is 3.93. The molecule has 7 nitrogen and oxygen atoms in total.